The summed E-state index contributed by atoms with van der Waals surface area (Å²) in [5.74, 6) is 0.702. The van der Waals surface area contributed by atoms with Gasteiger partial charge in [-0.3, -0.25) is 9.59 Å². The fourth-order valence-electron chi connectivity index (χ4n) is 3.19. The normalized spacial score (nSPS) is 11.6. The second kappa shape index (κ2) is 9.26. The van der Waals surface area contributed by atoms with Crippen LogP contribution >= 0.6 is 0 Å². The predicted octanol–water partition coefficient (Wildman–Crippen LogP) is 3.51. The lowest BCUT2D eigenvalue weighted by atomic mass is 10.0. The summed E-state index contributed by atoms with van der Waals surface area (Å²) in [6.07, 6.45) is 0. The van der Waals surface area contributed by atoms with E-state index in [9.17, 15) is 9.59 Å². The number of aromatic nitrogens is 1. The van der Waals surface area contributed by atoms with E-state index >= 15 is 0 Å². The number of ether oxygens (including phenoxy) is 1. The number of carbonyl (C=O) groups excluding carboxylic acids is 2. The Labute approximate surface area is 175 Å². The molecule has 7 heteroatoms. The molecule has 0 aliphatic heterocycles. The summed E-state index contributed by atoms with van der Waals surface area (Å²) in [5, 5.41) is 9.60. The first-order valence-corrected chi connectivity index (χ1v) is 9.61. The highest BCUT2D eigenvalue weighted by atomic mass is 16.5. The lowest BCUT2D eigenvalue weighted by Crippen LogP contribution is -2.38. The third-order valence-corrected chi connectivity index (χ3v) is 4.82. The number of amides is 2. The molecule has 7 nitrogen and oxygen atoms in total. The van der Waals surface area contributed by atoms with E-state index in [1.165, 1.54) is 0 Å². The molecule has 156 valence electrons. The van der Waals surface area contributed by atoms with Crippen molar-refractivity contribution in [1.82, 2.24) is 15.8 Å². The molecular formula is C23H25N3O4. The molecule has 0 spiro atoms. The van der Waals surface area contributed by atoms with Crippen LogP contribution in [0, 0.1) is 20.8 Å². The van der Waals surface area contributed by atoms with Crippen molar-refractivity contribution in [3.63, 3.8) is 0 Å². The van der Waals surface area contributed by atoms with Crippen LogP contribution in [0.5, 0.6) is 5.75 Å². The summed E-state index contributed by atoms with van der Waals surface area (Å²) in [6.45, 7) is 5.69. The first kappa shape index (κ1) is 21.1. The van der Waals surface area contributed by atoms with Gasteiger partial charge in [0.05, 0.1) is 13.2 Å². The van der Waals surface area contributed by atoms with Gasteiger partial charge in [0.1, 0.15) is 11.5 Å². The highest BCUT2D eigenvalue weighted by Gasteiger charge is 2.20. The molecule has 0 aliphatic carbocycles. The molecule has 1 heterocycles. The fraction of sp³-hybridized carbons (Fsp3) is 0.261. The van der Waals surface area contributed by atoms with Gasteiger partial charge < -0.3 is 19.9 Å². The quantitative estimate of drug-likeness (QED) is 0.625. The summed E-state index contributed by atoms with van der Waals surface area (Å²) in [5.41, 5.74) is 3.32. The van der Waals surface area contributed by atoms with Gasteiger partial charge in [0, 0.05) is 18.2 Å². The Kier molecular flexibility index (Phi) is 6.51. The van der Waals surface area contributed by atoms with Crippen molar-refractivity contribution >= 4 is 11.8 Å². The van der Waals surface area contributed by atoms with Crippen molar-refractivity contribution in [1.29, 1.82) is 0 Å². The van der Waals surface area contributed by atoms with E-state index in [2.05, 4.69) is 15.8 Å². The number of methoxy groups -OCH3 is 1. The molecule has 3 aromatic rings. The van der Waals surface area contributed by atoms with Gasteiger partial charge >= 0.3 is 0 Å². The van der Waals surface area contributed by atoms with Crippen LogP contribution < -0.4 is 15.4 Å². The lowest BCUT2D eigenvalue weighted by Gasteiger charge is -2.20. The van der Waals surface area contributed by atoms with Gasteiger partial charge in [-0.25, -0.2) is 0 Å². The molecule has 0 saturated carbocycles. The van der Waals surface area contributed by atoms with E-state index in [0.717, 1.165) is 22.4 Å². The third-order valence-electron chi connectivity index (χ3n) is 4.82. The molecule has 0 bridgehead atoms. The van der Waals surface area contributed by atoms with Crippen LogP contribution in [0.1, 0.15) is 49.3 Å². The molecule has 0 saturated heterocycles. The van der Waals surface area contributed by atoms with Crippen molar-refractivity contribution in [2.24, 2.45) is 0 Å². The molecule has 2 amide bonds. The SMILES string of the molecule is COc1cc(C)c(C(=O)NCC(NC(=O)c2cc(C)on2)c2ccccc2)cc1C. The number of carbonyl (C=O) groups is 2. The molecule has 3 rings (SSSR count). The summed E-state index contributed by atoms with van der Waals surface area (Å²) < 4.78 is 10.3. The van der Waals surface area contributed by atoms with Crippen molar-refractivity contribution in [3.8, 4) is 5.75 Å². The summed E-state index contributed by atoms with van der Waals surface area (Å²) in [4.78, 5) is 25.4. The van der Waals surface area contributed by atoms with Crippen molar-refractivity contribution in [3.05, 3.63) is 82.2 Å². The van der Waals surface area contributed by atoms with E-state index in [-0.39, 0.29) is 24.1 Å². The number of nitrogens with zero attached hydrogens (tertiary/aromatic N) is 1. The molecule has 0 radical (unpaired) electrons. The molecular weight excluding hydrogens is 382 g/mol. The topological polar surface area (TPSA) is 93.5 Å². The van der Waals surface area contributed by atoms with Crippen LogP contribution in [0.3, 0.4) is 0 Å². The molecule has 2 aromatic carbocycles. The van der Waals surface area contributed by atoms with Gasteiger partial charge in [-0.1, -0.05) is 35.5 Å². The van der Waals surface area contributed by atoms with Gasteiger partial charge in [-0.05, 0) is 49.6 Å². The summed E-state index contributed by atoms with van der Waals surface area (Å²) in [6, 6.07) is 14.2. The number of hydrogen-bond donors (Lipinski definition) is 2. The predicted molar refractivity (Wildman–Crippen MR) is 113 cm³/mol. The average molecular weight is 407 g/mol. The Hall–Kier alpha value is -3.61. The van der Waals surface area contributed by atoms with Crippen LogP contribution in [0.15, 0.2) is 53.1 Å². The van der Waals surface area contributed by atoms with Gasteiger partial charge in [0.25, 0.3) is 11.8 Å². The summed E-state index contributed by atoms with van der Waals surface area (Å²) in [7, 11) is 1.60. The standard InChI is InChI=1S/C23H25N3O4/c1-14-11-21(29-4)15(2)10-18(14)22(27)24-13-20(17-8-6-5-7-9-17)25-23(28)19-12-16(3)30-26-19/h5-12,20H,13H2,1-4H3,(H,24,27)(H,25,28). The Morgan fingerprint density at radius 3 is 2.40 bits per heavy atom. The maximum Gasteiger partial charge on any atom is 0.274 e. The number of nitrogens with one attached hydrogen (secondary N) is 2. The minimum atomic E-state index is -0.431. The van der Waals surface area contributed by atoms with Crippen LogP contribution in [0.2, 0.25) is 0 Å². The second-order valence-electron chi connectivity index (χ2n) is 7.11. The Morgan fingerprint density at radius 2 is 1.77 bits per heavy atom. The van der Waals surface area contributed by atoms with Crippen LogP contribution in [-0.2, 0) is 0 Å². The highest BCUT2D eigenvalue weighted by Crippen LogP contribution is 2.22. The van der Waals surface area contributed by atoms with Crippen LogP contribution in [0.4, 0.5) is 0 Å². The van der Waals surface area contributed by atoms with Crippen LogP contribution in [-0.4, -0.2) is 30.6 Å². The molecule has 1 unspecified atom stereocenters. The molecule has 0 fully saturated rings. The zero-order valence-corrected chi connectivity index (χ0v) is 17.5. The van der Waals surface area contributed by atoms with Crippen LogP contribution in [0.25, 0.3) is 0 Å². The zero-order valence-electron chi connectivity index (χ0n) is 17.5. The maximum atomic E-state index is 12.8. The summed E-state index contributed by atoms with van der Waals surface area (Å²) >= 11 is 0. The van der Waals surface area contributed by atoms with Gasteiger partial charge in [-0.15, -0.1) is 0 Å². The number of benzene rings is 2. The lowest BCUT2D eigenvalue weighted by molar-refractivity contribution is 0.0902. The van der Waals surface area contributed by atoms with E-state index in [4.69, 9.17) is 9.26 Å². The minimum absolute atomic E-state index is 0.196. The van der Waals surface area contributed by atoms with E-state index in [1.807, 2.05) is 50.2 Å². The van der Waals surface area contributed by atoms with Gasteiger partial charge in [0.15, 0.2) is 5.69 Å². The monoisotopic (exact) mass is 407 g/mol. The third kappa shape index (κ3) is 4.86. The Balaban J connectivity index is 1.76. The smallest absolute Gasteiger partial charge is 0.274 e. The Morgan fingerprint density at radius 1 is 1.03 bits per heavy atom. The zero-order chi connectivity index (χ0) is 21.7. The largest absolute Gasteiger partial charge is 0.496 e. The minimum Gasteiger partial charge on any atom is -0.496 e. The Bertz CT molecular complexity index is 1040. The second-order valence-corrected chi connectivity index (χ2v) is 7.11. The number of hydrogen-bond acceptors (Lipinski definition) is 5. The van der Waals surface area contributed by atoms with E-state index < -0.39 is 6.04 Å². The van der Waals surface area contributed by atoms with Gasteiger partial charge in [0.2, 0.25) is 0 Å². The molecule has 30 heavy (non-hydrogen) atoms. The van der Waals surface area contributed by atoms with Gasteiger partial charge in [-0.2, -0.15) is 0 Å². The van der Waals surface area contributed by atoms with E-state index in [0.29, 0.717) is 11.3 Å². The molecule has 1 atom stereocenters. The van der Waals surface area contributed by atoms with Crippen molar-refractivity contribution in [2.75, 3.05) is 13.7 Å². The van der Waals surface area contributed by atoms with Crippen molar-refractivity contribution < 1.29 is 18.8 Å². The highest BCUT2D eigenvalue weighted by molar-refractivity contribution is 5.96. The van der Waals surface area contributed by atoms with Crippen molar-refractivity contribution in [2.45, 2.75) is 26.8 Å². The maximum absolute atomic E-state index is 12.8. The molecule has 2 N–H and O–H groups in total. The fourth-order valence-corrected chi connectivity index (χ4v) is 3.19. The molecule has 1 aromatic heterocycles. The van der Waals surface area contributed by atoms with E-state index in [1.54, 1.807) is 26.2 Å². The first-order chi connectivity index (χ1) is 14.4. The number of aryl methyl sites for hydroxylation is 3. The average Bonchev–Trinajstić information content (AvgIpc) is 3.19. The first-order valence-electron chi connectivity index (χ1n) is 9.61. The number of rotatable bonds is 7. The molecule has 0 aliphatic rings.